The molecule has 1 aliphatic rings. The summed E-state index contributed by atoms with van der Waals surface area (Å²) in [5.74, 6) is 0.132. The Morgan fingerprint density at radius 1 is 1.45 bits per heavy atom. The van der Waals surface area contributed by atoms with Gasteiger partial charge < -0.3 is 10.6 Å². The number of likely N-dealkylation sites (tertiary alicyclic amines) is 1. The fourth-order valence-electron chi connectivity index (χ4n) is 2.53. The molecule has 112 valence electrons. The highest BCUT2D eigenvalue weighted by atomic mass is 127. The summed E-state index contributed by atoms with van der Waals surface area (Å²) in [7, 11) is 0. The van der Waals surface area contributed by atoms with Crippen molar-refractivity contribution in [2.24, 2.45) is 11.1 Å². The largest absolute Gasteiger partial charge is 0.338 e. The standard InChI is InChI=1S/C15H21IN2O.ClH/c1-10-5-4-6-11(13(10)16)14(19)18-8-7-12(17)15(2,3)9-18;/h4-6,12H,7-9,17H2,1-3H3;1H. The van der Waals surface area contributed by atoms with Gasteiger partial charge in [0, 0.05) is 22.7 Å². The van der Waals surface area contributed by atoms with Crippen molar-refractivity contribution in [3.05, 3.63) is 32.9 Å². The normalized spacial score (nSPS) is 21.2. The molecule has 2 rings (SSSR count). The van der Waals surface area contributed by atoms with Crippen molar-refractivity contribution in [3.8, 4) is 0 Å². The number of rotatable bonds is 1. The molecule has 0 spiro atoms. The lowest BCUT2D eigenvalue weighted by Gasteiger charge is -2.42. The molecule has 1 amide bonds. The first-order chi connectivity index (χ1) is 8.83. The van der Waals surface area contributed by atoms with Gasteiger partial charge in [0.2, 0.25) is 0 Å². The first-order valence-electron chi connectivity index (χ1n) is 6.63. The van der Waals surface area contributed by atoms with Gasteiger partial charge in [-0.25, -0.2) is 0 Å². The highest BCUT2D eigenvalue weighted by Gasteiger charge is 2.35. The van der Waals surface area contributed by atoms with Gasteiger partial charge >= 0.3 is 0 Å². The van der Waals surface area contributed by atoms with E-state index >= 15 is 0 Å². The number of benzene rings is 1. The van der Waals surface area contributed by atoms with Crippen LogP contribution >= 0.6 is 35.0 Å². The van der Waals surface area contributed by atoms with Crippen LogP contribution in [-0.2, 0) is 0 Å². The molecule has 1 unspecified atom stereocenters. The lowest BCUT2D eigenvalue weighted by atomic mass is 9.79. The van der Waals surface area contributed by atoms with Crippen LogP contribution in [0.1, 0.15) is 36.2 Å². The van der Waals surface area contributed by atoms with Gasteiger partial charge in [-0.05, 0) is 53.0 Å². The second-order valence-electron chi connectivity index (χ2n) is 6.05. The Morgan fingerprint density at radius 3 is 2.70 bits per heavy atom. The number of carbonyl (C=O) groups excluding carboxylic acids is 1. The fraction of sp³-hybridized carbons (Fsp3) is 0.533. The monoisotopic (exact) mass is 408 g/mol. The van der Waals surface area contributed by atoms with Crippen molar-refractivity contribution >= 4 is 40.9 Å². The van der Waals surface area contributed by atoms with E-state index in [1.54, 1.807) is 0 Å². The number of nitrogens with two attached hydrogens (primary N) is 1. The van der Waals surface area contributed by atoms with E-state index in [-0.39, 0.29) is 29.8 Å². The number of piperidine rings is 1. The quantitative estimate of drug-likeness (QED) is 0.725. The minimum absolute atomic E-state index is 0. The van der Waals surface area contributed by atoms with E-state index in [2.05, 4.69) is 36.4 Å². The van der Waals surface area contributed by atoms with E-state index < -0.39 is 0 Å². The first-order valence-corrected chi connectivity index (χ1v) is 7.71. The zero-order chi connectivity index (χ0) is 14.2. The van der Waals surface area contributed by atoms with E-state index in [1.165, 1.54) is 0 Å². The molecule has 0 aliphatic carbocycles. The minimum Gasteiger partial charge on any atom is -0.338 e. The van der Waals surface area contributed by atoms with Crippen LogP contribution < -0.4 is 5.73 Å². The van der Waals surface area contributed by atoms with Crippen LogP contribution in [0.25, 0.3) is 0 Å². The van der Waals surface area contributed by atoms with Gasteiger partial charge in [-0.3, -0.25) is 4.79 Å². The number of amides is 1. The summed E-state index contributed by atoms with van der Waals surface area (Å²) >= 11 is 2.26. The molecule has 3 nitrogen and oxygen atoms in total. The van der Waals surface area contributed by atoms with Crippen molar-refractivity contribution in [2.75, 3.05) is 13.1 Å². The number of halogens is 2. The van der Waals surface area contributed by atoms with E-state index in [4.69, 9.17) is 5.73 Å². The number of aryl methyl sites for hydroxylation is 1. The molecule has 0 radical (unpaired) electrons. The molecule has 1 heterocycles. The number of hydrogen-bond donors (Lipinski definition) is 1. The van der Waals surface area contributed by atoms with Gasteiger partial charge in [-0.15, -0.1) is 12.4 Å². The summed E-state index contributed by atoms with van der Waals surface area (Å²) in [5, 5.41) is 0. The lowest BCUT2D eigenvalue weighted by Crippen LogP contribution is -2.54. The maximum atomic E-state index is 12.6. The van der Waals surface area contributed by atoms with Crippen molar-refractivity contribution in [3.63, 3.8) is 0 Å². The molecule has 0 saturated carbocycles. The molecule has 2 N–H and O–H groups in total. The molecule has 1 aromatic rings. The third-order valence-corrected chi connectivity index (χ3v) is 5.45. The van der Waals surface area contributed by atoms with Crippen LogP contribution in [-0.4, -0.2) is 29.9 Å². The maximum absolute atomic E-state index is 12.6. The van der Waals surface area contributed by atoms with E-state index in [0.717, 1.165) is 34.2 Å². The molecule has 1 atom stereocenters. The summed E-state index contributed by atoms with van der Waals surface area (Å²) in [5.41, 5.74) is 8.08. The van der Waals surface area contributed by atoms with Crippen LogP contribution in [0.4, 0.5) is 0 Å². The molecule has 1 fully saturated rings. The first kappa shape index (κ1) is 17.7. The van der Waals surface area contributed by atoms with E-state index in [1.807, 2.05) is 30.0 Å². The van der Waals surface area contributed by atoms with Gasteiger partial charge in [0.25, 0.3) is 5.91 Å². The summed E-state index contributed by atoms with van der Waals surface area (Å²) in [6, 6.07) is 6.08. The predicted octanol–water partition coefficient (Wildman–Crippen LogP) is 3.22. The third-order valence-electron chi connectivity index (χ3n) is 4.02. The van der Waals surface area contributed by atoms with Crippen LogP contribution in [0, 0.1) is 15.9 Å². The lowest BCUT2D eigenvalue weighted by molar-refractivity contribution is 0.0532. The Bertz CT molecular complexity index is 505. The zero-order valence-corrected chi connectivity index (χ0v) is 15.1. The van der Waals surface area contributed by atoms with E-state index in [0.29, 0.717) is 0 Å². The topological polar surface area (TPSA) is 46.3 Å². The molecule has 20 heavy (non-hydrogen) atoms. The van der Waals surface area contributed by atoms with Gasteiger partial charge in [0.1, 0.15) is 0 Å². The van der Waals surface area contributed by atoms with Crippen molar-refractivity contribution < 1.29 is 4.79 Å². The molecule has 1 aromatic carbocycles. The average Bonchev–Trinajstić information content (AvgIpc) is 2.35. The van der Waals surface area contributed by atoms with Crippen molar-refractivity contribution in [1.29, 1.82) is 0 Å². The number of carbonyl (C=O) groups is 1. The van der Waals surface area contributed by atoms with E-state index in [9.17, 15) is 4.79 Å². The van der Waals surface area contributed by atoms with Crippen molar-refractivity contribution in [2.45, 2.75) is 33.2 Å². The Kier molecular flexibility index (Phi) is 5.87. The summed E-state index contributed by atoms with van der Waals surface area (Å²) in [6.45, 7) is 7.80. The Labute approximate surface area is 140 Å². The van der Waals surface area contributed by atoms with Gasteiger partial charge in [0.05, 0.1) is 5.56 Å². The zero-order valence-electron chi connectivity index (χ0n) is 12.1. The third kappa shape index (κ3) is 3.46. The van der Waals surface area contributed by atoms with Gasteiger partial charge in [-0.2, -0.15) is 0 Å². The van der Waals surface area contributed by atoms with Crippen molar-refractivity contribution in [1.82, 2.24) is 4.90 Å². The molecular formula is C15H22ClIN2O. The average molecular weight is 409 g/mol. The number of hydrogen-bond acceptors (Lipinski definition) is 2. The molecule has 0 aromatic heterocycles. The summed E-state index contributed by atoms with van der Waals surface area (Å²) in [6.07, 6.45) is 0.876. The van der Waals surface area contributed by atoms with Gasteiger partial charge in [0.15, 0.2) is 0 Å². The van der Waals surface area contributed by atoms with Crippen LogP contribution in [0.2, 0.25) is 0 Å². The van der Waals surface area contributed by atoms with Crippen LogP contribution in [0.3, 0.4) is 0 Å². The van der Waals surface area contributed by atoms with Crippen LogP contribution in [0.5, 0.6) is 0 Å². The SMILES string of the molecule is Cc1cccc(C(=O)N2CCC(N)C(C)(C)C2)c1I.Cl. The smallest absolute Gasteiger partial charge is 0.254 e. The fourth-order valence-corrected chi connectivity index (χ4v) is 3.12. The summed E-state index contributed by atoms with van der Waals surface area (Å²) in [4.78, 5) is 14.6. The highest BCUT2D eigenvalue weighted by molar-refractivity contribution is 14.1. The summed E-state index contributed by atoms with van der Waals surface area (Å²) < 4.78 is 1.05. The predicted molar refractivity (Wildman–Crippen MR) is 93.4 cm³/mol. The maximum Gasteiger partial charge on any atom is 0.254 e. The minimum atomic E-state index is -0.0107. The highest BCUT2D eigenvalue weighted by Crippen LogP contribution is 2.29. The second-order valence-corrected chi connectivity index (χ2v) is 7.13. The van der Waals surface area contributed by atoms with Gasteiger partial charge in [-0.1, -0.05) is 26.0 Å². The number of nitrogens with zero attached hydrogens (tertiary/aromatic N) is 1. The Hall–Kier alpha value is -0.330. The molecular weight excluding hydrogens is 387 g/mol. The second kappa shape index (κ2) is 6.62. The molecule has 1 saturated heterocycles. The Balaban J connectivity index is 0.00000200. The molecule has 1 aliphatic heterocycles. The molecule has 0 bridgehead atoms. The van der Waals surface area contributed by atoms with Crippen LogP contribution in [0.15, 0.2) is 18.2 Å². The Morgan fingerprint density at radius 2 is 2.10 bits per heavy atom. The molecule has 5 heteroatoms.